The Kier molecular flexibility index (Phi) is 10.1. The van der Waals surface area contributed by atoms with Crippen LogP contribution in [0.3, 0.4) is 0 Å². The zero-order valence-corrected chi connectivity index (χ0v) is 22.8. The van der Waals surface area contributed by atoms with Gasteiger partial charge in [-0.25, -0.2) is 0 Å². The Labute approximate surface area is 206 Å². The molecule has 1 aromatic heterocycles. The number of aliphatic imine (C=N–C) groups is 1. The lowest BCUT2D eigenvalue weighted by atomic mass is 9.84. The summed E-state index contributed by atoms with van der Waals surface area (Å²) in [6.07, 6.45) is 7.48. The number of rotatable bonds is 6. The van der Waals surface area contributed by atoms with Crippen LogP contribution in [-0.4, -0.2) is 83.9 Å². The fourth-order valence-electron chi connectivity index (χ4n) is 5.15. The van der Waals surface area contributed by atoms with Gasteiger partial charge >= 0.3 is 0 Å². The summed E-state index contributed by atoms with van der Waals surface area (Å²) >= 11 is 0. The van der Waals surface area contributed by atoms with Gasteiger partial charge in [0.15, 0.2) is 5.96 Å². The number of likely N-dealkylation sites (tertiary alicyclic amines) is 2. The van der Waals surface area contributed by atoms with Crippen molar-refractivity contribution in [1.29, 1.82) is 0 Å². The largest absolute Gasteiger partial charge is 0.355 e. The number of guanidine groups is 1. The van der Waals surface area contributed by atoms with E-state index in [0.717, 1.165) is 24.6 Å². The molecule has 2 saturated heterocycles. The highest BCUT2D eigenvalue weighted by Crippen LogP contribution is 2.30. The number of hydrogen-bond donors (Lipinski definition) is 2. The minimum atomic E-state index is 0. The highest BCUT2D eigenvalue weighted by molar-refractivity contribution is 14.0. The zero-order valence-electron chi connectivity index (χ0n) is 20.5. The maximum atomic E-state index is 4.56. The van der Waals surface area contributed by atoms with Crippen molar-refractivity contribution in [3.05, 3.63) is 17.0 Å². The summed E-state index contributed by atoms with van der Waals surface area (Å²) in [5.74, 6) is 0.914. The number of halogens is 1. The molecule has 2 aliphatic heterocycles. The van der Waals surface area contributed by atoms with E-state index in [2.05, 4.69) is 58.3 Å². The number of aryl methyl sites for hydroxylation is 2. The van der Waals surface area contributed by atoms with Gasteiger partial charge in [-0.3, -0.25) is 14.6 Å². The Morgan fingerprint density at radius 2 is 1.74 bits per heavy atom. The predicted octanol–water partition coefficient (Wildman–Crippen LogP) is 2.70. The summed E-state index contributed by atoms with van der Waals surface area (Å²) in [7, 11) is 6.15. The molecule has 0 aromatic carbocycles. The van der Waals surface area contributed by atoms with Crippen molar-refractivity contribution in [3.8, 4) is 0 Å². The lowest BCUT2D eigenvalue weighted by Crippen LogP contribution is -2.62. The number of piperidine rings is 2. The number of hydrogen-bond acceptors (Lipinski definition) is 4. The Morgan fingerprint density at radius 3 is 2.29 bits per heavy atom. The van der Waals surface area contributed by atoms with E-state index < -0.39 is 0 Å². The van der Waals surface area contributed by atoms with E-state index in [0.29, 0.717) is 6.04 Å². The Balaban J connectivity index is 0.00000341. The van der Waals surface area contributed by atoms with Crippen LogP contribution in [0.1, 0.15) is 56.0 Å². The summed E-state index contributed by atoms with van der Waals surface area (Å²) in [5, 5.41) is 11.9. The second-order valence-electron chi connectivity index (χ2n) is 9.52. The lowest BCUT2D eigenvalue weighted by molar-refractivity contribution is 0.0173. The molecule has 0 bridgehead atoms. The van der Waals surface area contributed by atoms with Gasteiger partial charge in [-0.05, 0) is 91.7 Å². The van der Waals surface area contributed by atoms with Crippen LogP contribution in [0.4, 0.5) is 0 Å². The summed E-state index contributed by atoms with van der Waals surface area (Å²) < 4.78 is 1.98. The molecule has 0 radical (unpaired) electrons. The second kappa shape index (κ2) is 11.8. The van der Waals surface area contributed by atoms with Crippen LogP contribution in [-0.2, 0) is 13.5 Å². The Hall–Kier alpha value is -0.870. The summed E-state index contributed by atoms with van der Waals surface area (Å²) in [4.78, 5) is 9.78. The minimum absolute atomic E-state index is 0. The van der Waals surface area contributed by atoms with E-state index in [-0.39, 0.29) is 29.5 Å². The van der Waals surface area contributed by atoms with E-state index in [4.69, 9.17) is 0 Å². The quantitative estimate of drug-likeness (QED) is 0.327. The van der Waals surface area contributed by atoms with Gasteiger partial charge in [-0.2, -0.15) is 5.10 Å². The predicted molar refractivity (Wildman–Crippen MR) is 141 cm³/mol. The molecule has 1 aromatic rings. The van der Waals surface area contributed by atoms with Crippen molar-refractivity contribution in [2.24, 2.45) is 12.0 Å². The number of aromatic nitrogens is 2. The SMILES string of the molecule is CN=C(NCC1(N2CCCCC2)CCN(C)CC1)NC(C)Cc1c(C)nn(C)c1C.I. The first-order valence-electron chi connectivity index (χ1n) is 11.7. The van der Waals surface area contributed by atoms with Gasteiger partial charge in [-0.15, -0.1) is 24.0 Å². The van der Waals surface area contributed by atoms with Gasteiger partial charge in [0.25, 0.3) is 0 Å². The van der Waals surface area contributed by atoms with Crippen LogP contribution < -0.4 is 10.6 Å². The van der Waals surface area contributed by atoms with Gasteiger partial charge < -0.3 is 15.5 Å². The molecule has 2 N–H and O–H groups in total. The molecule has 2 aliphatic rings. The first-order valence-corrected chi connectivity index (χ1v) is 11.7. The molecule has 178 valence electrons. The van der Waals surface area contributed by atoms with Crippen molar-refractivity contribution in [1.82, 2.24) is 30.2 Å². The summed E-state index contributed by atoms with van der Waals surface area (Å²) in [6, 6.07) is 0.293. The van der Waals surface area contributed by atoms with Gasteiger partial charge in [-0.1, -0.05) is 6.42 Å². The molecule has 1 atom stereocenters. The second-order valence-corrected chi connectivity index (χ2v) is 9.52. The van der Waals surface area contributed by atoms with Gasteiger partial charge in [0.1, 0.15) is 0 Å². The topological polar surface area (TPSA) is 60.7 Å². The maximum absolute atomic E-state index is 4.56. The van der Waals surface area contributed by atoms with Crippen molar-refractivity contribution in [2.45, 2.75) is 70.9 Å². The highest BCUT2D eigenvalue weighted by atomic mass is 127. The molecule has 1 unspecified atom stereocenters. The van der Waals surface area contributed by atoms with Crippen LogP contribution in [0.2, 0.25) is 0 Å². The van der Waals surface area contributed by atoms with Gasteiger partial charge in [0.2, 0.25) is 0 Å². The lowest BCUT2D eigenvalue weighted by Gasteiger charge is -2.50. The van der Waals surface area contributed by atoms with Crippen LogP contribution in [0.25, 0.3) is 0 Å². The molecule has 2 fully saturated rings. The Bertz CT molecular complexity index is 716. The number of nitrogens with one attached hydrogen (secondary N) is 2. The van der Waals surface area contributed by atoms with Crippen molar-refractivity contribution in [3.63, 3.8) is 0 Å². The van der Waals surface area contributed by atoms with Gasteiger partial charge in [0, 0.05) is 37.9 Å². The monoisotopic (exact) mass is 545 g/mol. The van der Waals surface area contributed by atoms with Gasteiger partial charge in [0.05, 0.1) is 5.69 Å². The molecule has 8 heteroatoms. The zero-order chi connectivity index (χ0) is 21.7. The van der Waals surface area contributed by atoms with E-state index in [9.17, 15) is 0 Å². The highest BCUT2D eigenvalue weighted by Gasteiger charge is 2.39. The van der Waals surface area contributed by atoms with E-state index in [1.165, 1.54) is 69.5 Å². The smallest absolute Gasteiger partial charge is 0.191 e. The molecular weight excluding hydrogens is 501 g/mol. The maximum Gasteiger partial charge on any atom is 0.191 e. The average Bonchev–Trinajstić information content (AvgIpc) is 2.99. The van der Waals surface area contributed by atoms with Crippen molar-refractivity contribution >= 4 is 29.9 Å². The molecule has 0 amide bonds. The molecule has 7 nitrogen and oxygen atoms in total. The molecular formula is C23H44IN7. The van der Waals surface area contributed by atoms with Crippen LogP contribution >= 0.6 is 24.0 Å². The fraction of sp³-hybridized carbons (Fsp3) is 0.826. The normalized spacial score (nSPS) is 21.4. The van der Waals surface area contributed by atoms with Crippen molar-refractivity contribution < 1.29 is 0 Å². The van der Waals surface area contributed by atoms with Crippen molar-refractivity contribution in [2.75, 3.05) is 46.8 Å². The summed E-state index contributed by atoms with van der Waals surface area (Å²) in [5.41, 5.74) is 3.97. The molecule has 3 heterocycles. The fourth-order valence-corrected chi connectivity index (χ4v) is 5.15. The molecule has 0 saturated carbocycles. The summed E-state index contributed by atoms with van der Waals surface area (Å²) in [6.45, 7) is 12.3. The van der Waals surface area contributed by atoms with Crippen LogP contribution in [0.5, 0.6) is 0 Å². The van der Waals surface area contributed by atoms with E-state index in [1.54, 1.807) is 0 Å². The third-order valence-corrected chi connectivity index (χ3v) is 7.31. The van der Waals surface area contributed by atoms with E-state index >= 15 is 0 Å². The number of nitrogens with zero attached hydrogens (tertiary/aromatic N) is 5. The van der Waals surface area contributed by atoms with Crippen LogP contribution in [0, 0.1) is 13.8 Å². The molecule has 3 rings (SSSR count). The average molecular weight is 546 g/mol. The third kappa shape index (κ3) is 6.57. The third-order valence-electron chi connectivity index (χ3n) is 7.31. The standard InChI is InChI=1S/C23H43N7.HI/c1-18(16-21-19(2)27-29(6)20(21)3)26-22(24-4)25-17-23(10-14-28(5)15-11-23)30-12-8-7-9-13-30;/h18H,7-17H2,1-6H3,(H2,24,25,26);1H. The first kappa shape index (κ1) is 26.4. The minimum Gasteiger partial charge on any atom is -0.355 e. The Morgan fingerprint density at radius 1 is 1.10 bits per heavy atom. The van der Waals surface area contributed by atoms with E-state index in [1.807, 2.05) is 18.8 Å². The molecule has 0 aliphatic carbocycles. The first-order chi connectivity index (χ1) is 14.3. The molecule has 31 heavy (non-hydrogen) atoms. The van der Waals surface area contributed by atoms with Crippen LogP contribution in [0.15, 0.2) is 4.99 Å². The molecule has 0 spiro atoms.